The average Bonchev–Trinajstić information content (AvgIpc) is 2.38. The van der Waals surface area contributed by atoms with Crippen LogP contribution >= 0.6 is 11.8 Å². The second kappa shape index (κ2) is 5.44. The molecular weight excluding hydrogens is 268 g/mol. The first-order valence-electron chi connectivity index (χ1n) is 5.67. The van der Waals surface area contributed by atoms with Crippen LogP contribution in [0.5, 0.6) is 17.2 Å². The molecule has 0 fully saturated rings. The number of methoxy groups -OCH3 is 1. The van der Waals surface area contributed by atoms with Gasteiger partial charge in [0, 0.05) is 12.1 Å². The van der Waals surface area contributed by atoms with E-state index in [-0.39, 0.29) is 27.9 Å². The summed E-state index contributed by atoms with van der Waals surface area (Å²) in [5.41, 5.74) is -0.0388. The zero-order valence-corrected chi connectivity index (χ0v) is 11.7. The van der Waals surface area contributed by atoms with Gasteiger partial charge in [-0.2, -0.15) is 0 Å². The minimum absolute atomic E-state index is 0.0955. The van der Waals surface area contributed by atoms with Crippen LogP contribution in [-0.2, 0) is 0 Å². The van der Waals surface area contributed by atoms with Crippen molar-refractivity contribution in [3.8, 4) is 17.2 Å². The first-order chi connectivity index (χ1) is 9.12. The van der Waals surface area contributed by atoms with Crippen LogP contribution in [0.3, 0.4) is 0 Å². The maximum atomic E-state index is 12.0. The fourth-order valence-corrected chi connectivity index (χ4v) is 2.20. The van der Waals surface area contributed by atoms with E-state index >= 15 is 0 Å². The zero-order valence-electron chi connectivity index (χ0n) is 10.9. The Balaban J connectivity index is 2.83. The lowest BCUT2D eigenvalue weighted by molar-refractivity contribution is 0.301. The molecule has 2 rings (SSSR count). The summed E-state index contributed by atoms with van der Waals surface area (Å²) in [5.74, 6) is 0.222. The molecule has 0 aliphatic carbocycles. The quantitative estimate of drug-likeness (QED) is 0.869. The lowest BCUT2D eigenvalue weighted by Crippen LogP contribution is -2.03. The van der Waals surface area contributed by atoms with E-state index in [0.717, 1.165) is 0 Å². The van der Waals surface area contributed by atoms with E-state index in [4.69, 9.17) is 13.9 Å². The molecule has 1 heterocycles. The molecule has 102 valence electrons. The van der Waals surface area contributed by atoms with Crippen molar-refractivity contribution in [2.24, 2.45) is 0 Å². The number of hydrogen-bond donors (Lipinski definition) is 1. The number of rotatable bonds is 4. The van der Waals surface area contributed by atoms with Crippen LogP contribution in [0, 0.1) is 0 Å². The maximum absolute atomic E-state index is 12.0. The number of fused-ring (bicyclic) bond motifs is 1. The Kier molecular flexibility index (Phi) is 3.90. The minimum Gasteiger partial charge on any atom is -0.504 e. The summed E-state index contributed by atoms with van der Waals surface area (Å²) >= 11 is 1.31. The van der Waals surface area contributed by atoms with Gasteiger partial charge in [-0.3, -0.25) is 4.79 Å². The Morgan fingerprint density at radius 1 is 1.42 bits per heavy atom. The first-order valence-corrected chi connectivity index (χ1v) is 6.89. The van der Waals surface area contributed by atoms with Crippen molar-refractivity contribution >= 4 is 22.7 Å². The van der Waals surface area contributed by atoms with E-state index in [1.165, 1.54) is 24.9 Å². The van der Waals surface area contributed by atoms with Gasteiger partial charge in [-0.25, -0.2) is 0 Å². The summed E-state index contributed by atoms with van der Waals surface area (Å²) in [5, 5.41) is 10.7. The molecule has 0 aliphatic rings. The van der Waals surface area contributed by atoms with Crippen molar-refractivity contribution in [1.29, 1.82) is 0 Å². The van der Waals surface area contributed by atoms with Gasteiger partial charge >= 0.3 is 0 Å². The van der Waals surface area contributed by atoms with Gasteiger partial charge in [0.15, 0.2) is 22.0 Å². The highest BCUT2D eigenvalue weighted by Crippen LogP contribution is 2.41. The van der Waals surface area contributed by atoms with E-state index in [9.17, 15) is 9.90 Å². The molecule has 0 aliphatic heterocycles. The van der Waals surface area contributed by atoms with E-state index in [0.29, 0.717) is 17.4 Å². The molecule has 0 radical (unpaired) electrons. The van der Waals surface area contributed by atoms with Crippen molar-refractivity contribution < 1.29 is 19.0 Å². The van der Waals surface area contributed by atoms with E-state index in [1.807, 2.05) is 6.92 Å². The third-order valence-electron chi connectivity index (χ3n) is 2.60. The van der Waals surface area contributed by atoms with Crippen LogP contribution in [0.2, 0.25) is 0 Å². The van der Waals surface area contributed by atoms with Crippen LogP contribution in [-0.4, -0.2) is 25.1 Å². The Hall–Kier alpha value is -1.82. The summed E-state index contributed by atoms with van der Waals surface area (Å²) in [4.78, 5) is 12.0. The van der Waals surface area contributed by atoms with Crippen molar-refractivity contribution in [1.82, 2.24) is 0 Å². The number of ether oxygens (including phenoxy) is 2. The number of thioether (sulfide) groups is 1. The summed E-state index contributed by atoms with van der Waals surface area (Å²) in [6.45, 7) is 2.23. The molecular formula is C13H14O5S. The fourth-order valence-electron chi connectivity index (χ4n) is 1.80. The molecule has 0 unspecified atom stereocenters. The third-order valence-corrected chi connectivity index (χ3v) is 3.20. The lowest BCUT2D eigenvalue weighted by Gasteiger charge is -2.12. The van der Waals surface area contributed by atoms with Crippen LogP contribution in [0.1, 0.15) is 6.92 Å². The number of phenolic OH excluding ortho intramolecular Hbond substituents is 1. The maximum Gasteiger partial charge on any atom is 0.204 e. The number of hydrogen-bond acceptors (Lipinski definition) is 6. The minimum atomic E-state index is -0.315. The van der Waals surface area contributed by atoms with Gasteiger partial charge in [0.2, 0.25) is 5.75 Å². The molecule has 5 nitrogen and oxygen atoms in total. The number of phenols is 1. The second-order valence-corrected chi connectivity index (χ2v) is 4.51. The van der Waals surface area contributed by atoms with Gasteiger partial charge in [-0.15, -0.1) is 0 Å². The molecule has 1 aromatic heterocycles. The fraction of sp³-hybridized carbons (Fsp3) is 0.308. The van der Waals surface area contributed by atoms with Gasteiger partial charge in [0.25, 0.3) is 0 Å². The lowest BCUT2D eigenvalue weighted by atomic mass is 10.2. The monoisotopic (exact) mass is 282 g/mol. The molecule has 1 aromatic carbocycles. The van der Waals surface area contributed by atoms with Gasteiger partial charge in [-0.1, -0.05) is 11.8 Å². The summed E-state index contributed by atoms with van der Waals surface area (Å²) in [7, 11) is 1.40. The highest BCUT2D eigenvalue weighted by molar-refractivity contribution is 7.98. The molecule has 6 heteroatoms. The predicted molar refractivity (Wildman–Crippen MR) is 73.7 cm³/mol. The zero-order chi connectivity index (χ0) is 14.0. The third kappa shape index (κ3) is 2.35. The Morgan fingerprint density at radius 3 is 2.74 bits per heavy atom. The topological polar surface area (TPSA) is 68.9 Å². The number of aromatic hydroxyl groups is 1. The highest BCUT2D eigenvalue weighted by Gasteiger charge is 2.19. The van der Waals surface area contributed by atoms with Crippen molar-refractivity contribution in [3.63, 3.8) is 0 Å². The molecule has 1 N–H and O–H groups in total. The predicted octanol–water partition coefficient (Wildman–Crippen LogP) is 2.63. The average molecular weight is 282 g/mol. The summed E-state index contributed by atoms with van der Waals surface area (Å²) in [6.07, 6.45) is 1.80. The van der Waals surface area contributed by atoms with E-state index in [2.05, 4.69) is 0 Å². The smallest absolute Gasteiger partial charge is 0.204 e. The van der Waals surface area contributed by atoms with Crippen LogP contribution < -0.4 is 14.9 Å². The van der Waals surface area contributed by atoms with Crippen molar-refractivity contribution in [3.05, 3.63) is 22.4 Å². The Bertz CT molecular complexity index is 662. The Labute approximate surface area is 114 Å². The van der Waals surface area contributed by atoms with Crippen LogP contribution in [0.4, 0.5) is 0 Å². The van der Waals surface area contributed by atoms with Gasteiger partial charge in [-0.05, 0) is 13.2 Å². The standard InChI is InChI=1S/C13H14O5S/c1-4-17-9-6-8-11(12(15)13(9)16-2)7(14)5-10(18-8)19-3/h5-6,15H,4H2,1-3H3. The van der Waals surface area contributed by atoms with Gasteiger partial charge in [0.1, 0.15) is 11.0 Å². The Morgan fingerprint density at radius 2 is 2.16 bits per heavy atom. The normalized spacial score (nSPS) is 10.7. The van der Waals surface area contributed by atoms with E-state index < -0.39 is 0 Å². The molecule has 0 spiro atoms. The molecule has 0 saturated heterocycles. The molecule has 19 heavy (non-hydrogen) atoms. The van der Waals surface area contributed by atoms with Gasteiger partial charge in [0.05, 0.1) is 13.7 Å². The van der Waals surface area contributed by atoms with Crippen LogP contribution in [0.25, 0.3) is 11.0 Å². The molecule has 0 bridgehead atoms. The van der Waals surface area contributed by atoms with Crippen molar-refractivity contribution in [2.45, 2.75) is 12.0 Å². The van der Waals surface area contributed by atoms with Crippen LogP contribution in [0.15, 0.2) is 26.4 Å². The van der Waals surface area contributed by atoms with Crippen molar-refractivity contribution in [2.75, 3.05) is 20.0 Å². The molecule has 0 amide bonds. The highest BCUT2D eigenvalue weighted by atomic mass is 32.2. The van der Waals surface area contributed by atoms with Gasteiger partial charge < -0.3 is 19.0 Å². The summed E-state index contributed by atoms with van der Waals surface area (Å²) in [6, 6.07) is 2.89. The largest absolute Gasteiger partial charge is 0.504 e. The molecule has 0 atom stereocenters. The first kappa shape index (κ1) is 13.6. The van der Waals surface area contributed by atoms with E-state index in [1.54, 1.807) is 12.3 Å². The second-order valence-electron chi connectivity index (χ2n) is 3.70. The molecule has 2 aromatic rings. The number of benzene rings is 1. The SMILES string of the molecule is CCOc1cc2oc(SC)cc(=O)c2c(O)c1OC. The molecule has 0 saturated carbocycles. The summed E-state index contributed by atoms with van der Waals surface area (Å²) < 4.78 is 16.0.